The quantitative estimate of drug-likeness (QED) is 0.852. The van der Waals surface area contributed by atoms with Gasteiger partial charge in [0.25, 0.3) is 0 Å². The predicted octanol–water partition coefficient (Wildman–Crippen LogP) is 3.54. The molecular weight excluding hydrogens is 256 g/mol. The van der Waals surface area contributed by atoms with Crippen molar-refractivity contribution < 1.29 is 4.74 Å². The lowest BCUT2D eigenvalue weighted by Crippen LogP contribution is -1.86. The number of hydrogen-bond acceptors (Lipinski definition) is 4. The highest BCUT2D eigenvalue weighted by atomic mass is 35.5. The first-order valence-electron chi connectivity index (χ1n) is 4.90. The molecule has 1 heterocycles. The van der Waals surface area contributed by atoms with Crippen LogP contribution in [0.1, 0.15) is 5.01 Å². The second kappa shape index (κ2) is 5.17. The minimum atomic E-state index is 0.332. The fraction of sp³-hybridized carbons (Fsp3) is 0.167. The lowest BCUT2D eigenvalue weighted by atomic mass is 10.1. The van der Waals surface area contributed by atoms with Gasteiger partial charge in [0.2, 0.25) is 0 Å². The number of benzene rings is 1. The van der Waals surface area contributed by atoms with Gasteiger partial charge in [-0.15, -0.1) is 11.3 Å². The van der Waals surface area contributed by atoms with Crippen LogP contribution in [0.5, 0.6) is 5.75 Å². The van der Waals surface area contributed by atoms with Crippen molar-refractivity contribution in [2.24, 2.45) is 0 Å². The highest BCUT2D eigenvalue weighted by molar-refractivity contribution is 7.10. The minimum Gasteiger partial charge on any atom is -0.497 e. The van der Waals surface area contributed by atoms with Crippen LogP contribution in [0.25, 0.3) is 11.3 Å². The lowest BCUT2D eigenvalue weighted by molar-refractivity contribution is 0.415. The first-order valence-corrected chi connectivity index (χ1v) is 6.15. The van der Waals surface area contributed by atoms with E-state index in [0.29, 0.717) is 17.2 Å². The molecule has 3 nitrogen and oxygen atoms in total. The lowest BCUT2D eigenvalue weighted by Gasteiger charge is -2.03. The average Bonchev–Trinajstić information content (AvgIpc) is 2.78. The molecule has 0 spiro atoms. The third kappa shape index (κ3) is 2.57. The summed E-state index contributed by atoms with van der Waals surface area (Å²) in [6.45, 7) is 0. The molecule has 0 aliphatic heterocycles. The molecule has 0 unspecified atom stereocenters. The van der Waals surface area contributed by atoms with E-state index in [4.69, 9.17) is 21.6 Å². The fourth-order valence-corrected chi connectivity index (χ4v) is 2.41. The van der Waals surface area contributed by atoms with E-state index >= 15 is 0 Å². The fourth-order valence-electron chi connectivity index (χ4n) is 1.41. The molecule has 0 atom stereocenters. The van der Waals surface area contributed by atoms with Crippen molar-refractivity contribution >= 4 is 22.9 Å². The molecule has 17 heavy (non-hydrogen) atoms. The van der Waals surface area contributed by atoms with Crippen LogP contribution in [0.3, 0.4) is 0 Å². The summed E-state index contributed by atoms with van der Waals surface area (Å²) in [5, 5.41) is 11.9. The summed E-state index contributed by atoms with van der Waals surface area (Å²) in [5.74, 6) is 0.714. The second-order valence-electron chi connectivity index (χ2n) is 3.31. The monoisotopic (exact) mass is 264 g/mol. The molecule has 0 amide bonds. The van der Waals surface area contributed by atoms with Crippen LogP contribution >= 0.6 is 22.9 Å². The summed E-state index contributed by atoms with van der Waals surface area (Å²) < 4.78 is 5.08. The molecule has 0 fully saturated rings. The van der Waals surface area contributed by atoms with Gasteiger partial charge in [-0.2, -0.15) is 5.26 Å². The van der Waals surface area contributed by atoms with E-state index in [1.807, 2.05) is 17.5 Å². The first-order chi connectivity index (χ1) is 8.24. The number of nitriles is 1. The summed E-state index contributed by atoms with van der Waals surface area (Å²) in [4.78, 5) is 4.36. The van der Waals surface area contributed by atoms with E-state index in [1.54, 1.807) is 13.2 Å². The Morgan fingerprint density at radius 2 is 2.35 bits per heavy atom. The van der Waals surface area contributed by atoms with Gasteiger partial charge in [-0.3, -0.25) is 0 Å². The van der Waals surface area contributed by atoms with Crippen molar-refractivity contribution in [3.63, 3.8) is 0 Å². The van der Waals surface area contributed by atoms with Crippen LogP contribution in [-0.2, 0) is 6.42 Å². The number of rotatable bonds is 3. The van der Waals surface area contributed by atoms with Gasteiger partial charge < -0.3 is 4.74 Å². The largest absolute Gasteiger partial charge is 0.497 e. The molecule has 1 aromatic heterocycles. The molecule has 2 aromatic rings. The van der Waals surface area contributed by atoms with Crippen LogP contribution in [0, 0.1) is 11.3 Å². The Morgan fingerprint density at radius 1 is 1.53 bits per heavy atom. The maximum Gasteiger partial charge on any atom is 0.120 e. The minimum absolute atomic E-state index is 0.332. The first kappa shape index (κ1) is 11.9. The van der Waals surface area contributed by atoms with E-state index in [-0.39, 0.29) is 0 Å². The van der Waals surface area contributed by atoms with Gasteiger partial charge in [0.1, 0.15) is 10.8 Å². The molecule has 0 N–H and O–H groups in total. The topological polar surface area (TPSA) is 45.9 Å². The maximum atomic E-state index is 8.60. The third-order valence-corrected chi connectivity index (χ3v) is 3.40. The Balaban J connectivity index is 2.36. The van der Waals surface area contributed by atoms with Crippen molar-refractivity contribution in [1.82, 2.24) is 4.98 Å². The average molecular weight is 265 g/mol. The summed E-state index contributed by atoms with van der Waals surface area (Å²) in [6, 6.07) is 7.53. The zero-order valence-corrected chi connectivity index (χ0v) is 10.7. The number of hydrogen-bond donors (Lipinski definition) is 0. The Labute approximate surface area is 108 Å². The Hall–Kier alpha value is -1.57. The molecular formula is C12H9ClN2OS. The van der Waals surface area contributed by atoms with Crippen LogP contribution in [0.15, 0.2) is 23.6 Å². The molecule has 2 rings (SSSR count). The van der Waals surface area contributed by atoms with E-state index in [0.717, 1.165) is 16.3 Å². The number of halogens is 1. The predicted molar refractivity (Wildman–Crippen MR) is 68.4 cm³/mol. The van der Waals surface area contributed by atoms with Gasteiger partial charge in [-0.1, -0.05) is 11.6 Å². The van der Waals surface area contributed by atoms with E-state index in [1.165, 1.54) is 11.3 Å². The van der Waals surface area contributed by atoms with Crippen molar-refractivity contribution in [3.8, 4) is 23.1 Å². The Kier molecular flexibility index (Phi) is 3.62. The van der Waals surface area contributed by atoms with Gasteiger partial charge in [-0.05, 0) is 18.2 Å². The Bertz CT molecular complexity index is 574. The van der Waals surface area contributed by atoms with Crippen LogP contribution < -0.4 is 4.74 Å². The van der Waals surface area contributed by atoms with Crippen molar-refractivity contribution in [2.75, 3.05) is 7.11 Å². The highest BCUT2D eigenvalue weighted by Gasteiger charge is 2.09. The molecule has 0 aliphatic rings. The van der Waals surface area contributed by atoms with Crippen LogP contribution in [0.4, 0.5) is 0 Å². The molecule has 5 heteroatoms. The number of ether oxygens (including phenoxy) is 1. The van der Waals surface area contributed by atoms with Gasteiger partial charge in [0.05, 0.1) is 30.3 Å². The second-order valence-corrected chi connectivity index (χ2v) is 4.66. The smallest absolute Gasteiger partial charge is 0.120 e. The molecule has 0 saturated heterocycles. The molecule has 1 aromatic carbocycles. The Morgan fingerprint density at radius 3 is 3.00 bits per heavy atom. The highest BCUT2D eigenvalue weighted by Crippen LogP contribution is 2.31. The molecule has 0 aliphatic carbocycles. The summed E-state index contributed by atoms with van der Waals surface area (Å²) in [5.41, 5.74) is 1.65. The van der Waals surface area contributed by atoms with Gasteiger partial charge in [0, 0.05) is 10.9 Å². The standard InChI is InChI=1S/C12H9ClN2OS/c1-16-8-2-3-9(10(13)6-8)11-7-17-12(15-11)4-5-14/h2-3,6-7H,4H2,1H3. The van der Waals surface area contributed by atoms with Gasteiger partial charge in [-0.25, -0.2) is 4.98 Å². The summed E-state index contributed by atoms with van der Waals surface area (Å²) >= 11 is 7.61. The maximum absolute atomic E-state index is 8.60. The normalized spacial score (nSPS) is 9.94. The van der Waals surface area contributed by atoms with Crippen molar-refractivity contribution in [3.05, 3.63) is 33.6 Å². The number of nitrogens with zero attached hydrogens (tertiary/aromatic N) is 2. The van der Waals surface area contributed by atoms with Crippen molar-refractivity contribution in [1.29, 1.82) is 5.26 Å². The third-order valence-electron chi connectivity index (χ3n) is 2.23. The summed E-state index contributed by atoms with van der Waals surface area (Å²) in [6.07, 6.45) is 0.332. The van der Waals surface area contributed by atoms with E-state index in [2.05, 4.69) is 11.1 Å². The SMILES string of the molecule is COc1ccc(-c2csc(CC#N)n2)c(Cl)c1. The van der Waals surface area contributed by atoms with Gasteiger partial charge in [0.15, 0.2) is 0 Å². The molecule has 0 radical (unpaired) electrons. The molecule has 0 saturated carbocycles. The number of aromatic nitrogens is 1. The van der Waals surface area contributed by atoms with Gasteiger partial charge >= 0.3 is 0 Å². The van der Waals surface area contributed by atoms with Crippen molar-refractivity contribution in [2.45, 2.75) is 6.42 Å². The van der Waals surface area contributed by atoms with E-state index in [9.17, 15) is 0 Å². The molecule has 86 valence electrons. The van der Waals surface area contributed by atoms with Crippen LogP contribution in [-0.4, -0.2) is 12.1 Å². The zero-order valence-electron chi connectivity index (χ0n) is 9.11. The number of thiazole rings is 1. The van der Waals surface area contributed by atoms with E-state index < -0.39 is 0 Å². The zero-order chi connectivity index (χ0) is 12.3. The van der Waals surface area contributed by atoms with Crippen LogP contribution in [0.2, 0.25) is 5.02 Å². The molecule has 0 bridgehead atoms. The summed E-state index contributed by atoms with van der Waals surface area (Å²) in [7, 11) is 1.60. The number of methoxy groups -OCH3 is 1.